The lowest BCUT2D eigenvalue weighted by Crippen LogP contribution is -2.18. The Labute approximate surface area is 190 Å². The Hall–Kier alpha value is -3.15. The van der Waals surface area contributed by atoms with E-state index in [1.165, 1.54) is 0 Å². The molecule has 0 aliphatic rings. The summed E-state index contributed by atoms with van der Waals surface area (Å²) in [5.74, 6) is 0.592. The van der Waals surface area contributed by atoms with Gasteiger partial charge in [-0.25, -0.2) is 4.98 Å². The molecule has 2 aromatic carbocycles. The molecule has 156 valence electrons. The summed E-state index contributed by atoms with van der Waals surface area (Å²) in [6.07, 6.45) is 1.75. The number of amides is 1. The third kappa shape index (κ3) is 4.63. The molecule has 4 rings (SSSR count). The van der Waals surface area contributed by atoms with Gasteiger partial charge in [0, 0.05) is 27.2 Å². The summed E-state index contributed by atoms with van der Waals surface area (Å²) in [6.45, 7) is 4.13. The Bertz CT molecular complexity index is 1190. The van der Waals surface area contributed by atoms with Crippen molar-refractivity contribution in [1.82, 2.24) is 4.98 Å². The molecule has 4 aromatic rings. The third-order valence-electron chi connectivity index (χ3n) is 5.16. The normalized spacial score (nSPS) is 11.7. The zero-order chi connectivity index (χ0) is 21.8. The summed E-state index contributed by atoms with van der Waals surface area (Å²) >= 11 is 8.17. The summed E-state index contributed by atoms with van der Waals surface area (Å²) in [6, 6.07) is 22.4. The van der Waals surface area contributed by atoms with Crippen LogP contribution in [-0.2, 0) is 0 Å². The Balaban J connectivity index is 1.79. The van der Waals surface area contributed by atoms with Crippen molar-refractivity contribution in [3.63, 3.8) is 0 Å². The topological polar surface area (TPSA) is 54.0 Å². The average Bonchev–Trinajstić information content (AvgIpc) is 3.07. The second kappa shape index (κ2) is 9.33. The molecule has 0 saturated heterocycles. The largest absolute Gasteiger partial charge is 0.359 e. The van der Waals surface area contributed by atoms with Gasteiger partial charge < -0.3 is 10.6 Å². The van der Waals surface area contributed by atoms with Crippen LogP contribution in [-0.4, -0.2) is 10.9 Å². The number of halogens is 1. The molecule has 0 radical (unpaired) electrons. The van der Waals surface area contributed by atoms with E-state index in [1.54, 1.807) is 29.7 Å². The number of nitrogens with one attached hydrogen (secondary N) is 2. The van der Waals surface area contributed by atoms with E-state index in [0.717, 1.165) is 32.4 Å². The molecule has 31 heavy (non-hydrogen) atoms. The van der Waals surface area contributed by atoms with E-state index in [1.807, 2.05) is 60.7 Å². The highest BCUT2D eigenvalue weighted by Gasteiger charge is 2.26. The maximum absolute atomic E-state index is 12.9. The van der Waals surface area contributed by atoms with Crippen molar-refractivity contribution in [2.75, 3.05) is 10.6 Å². The number of pyridine rings is 1. The van der Waals surface area contributed by atoms with Gasteiger partial charge in [0.25, 0.3) is 5.91 Å². The third-order valence-corrected chi connectivity index (χ3v) is 6.64. The Morgan fingerprint density at radius 2 is 1.68 bits per heavy atom. The van der Waals surface area contributed by atoms with Crippen LogP contribution in [0.2, 0.25) is 5.02 Å². The monoisotopic (exact) mass is 447 g/mol. The number of nitrogens with zero attached hydrogens (tertiary/aromatic N) is 1. The summed E-state index contributed by atoms with van der Waals surface area (Å²) in [7, 11) is 0. The molecule has 0 spiro atoms. The van der Waals surface area contributed by atoms with Crippen molar-refractivity contribution in [3.8, 4) is 0 Å². The Morgan fingerprint density at radius 3 is 2.39 bits per heavy atom. The lowest BCUT2D eigenvalue weighted by Gasteiger charge is -2.23. The lowest BCUT2D eigenvalue weighted by molar-refractivity contribution is 0.102. The molecule has 1 atom stereocenters. The van der Waals surface area contributed by atoms with E-state index < -0.39 is 0 Å². The highest BCUT2D eigenvalue weighted by Crippen LogP contribution is 2.42. The van der Waals surface area contributed by atoms with Crippen LogP contribution in [0.25, 0.3) is 0 Å². The number of anilines is 2. The lowest BCUT2D eigenvalue weighted by atomic mass is 9.96. The van der Waals surface area contributed by atoms with Crippen molar-refractivity contribution in [2.45, 2.75) is 19.9 Å². The highest BCUT2D eigenvalue weighted by atomic mass is 35.5. The first-order valence-corrected chi connectivity index (χ1v) is 11.1. The smallest absolute Gasteiger partial charge is 0.256 e. The van der Waals surface area contributed by atoms with Crippen LogP contribution >= 0.6 is 22.9 Å². The van der Waals surface area contributed by atoms with E-state index in [2.05, 4.69) is 29.5 Å². The molecule has 1 amide bonds. The maximum atomic E-state index is 12.9. The van der Waals surface area contributed by atoms with Crippen LogP contribution in [0.4, 0.5) is 10.8 Å². The molecule has 0 saturated carbocycles. The van der Waals surface area contributed by atoms with Crippen LogP contribution in [0.3, 0.4) is 0 Å². The first kappa shape index (κ1) is 21.1. The summed E-state index contributed by atoms with van der Waals surface area (Å²) in [5.41, 5.74) is 3.64. The number of carbonyl (C=O) groups is 1. The van der Waals surface area contributed by atoms with Crippen LogP contribution in [0.5, 0.6) is 0 Å². The Kier molecular flexibility index (Phi) is 6.35. The van der Waals surface area contributed by atoms with Gasteiger partial charge in [-0.05, 0) is 55.3 Å². The van der Waals surface area contributed by atoms with E-state index in [0.29, 0.717) is 10.6 Å². The molecule has 2 heterocycles. The van der Waals surface area contributed by atoms with Gasteiger partial charge in [-0.15, -0.1) is 11.3 Å². The van der Waals surface area contributed by atoms with Gasteiger partial charge in [-0.1, -0.05) is 54.1 Å². The number of aryl methyl sites for hydroxylation is 1. The molecule has 4 nitrogen and oxygen atoms in total. The fraction of sp³-hybridized carbons (Fsp3) is 0.120. The molecule has 2 aromatic heterocycles. The molecule has 0 unspecified atom stereocenters. The van der Waals surface area contributed by atoms with Crippen molar-refractivity contribution >= 4 is 39.7 Å². The molecular weight excluding hydrogens is 426 g/mol. The van der Waals surface area contributed by atoms with Crippen molar-refractivity contribution in [3.05, 3.63) is 111 Å². The molecule has 0 aliphatic heterocycles. The highest BCUT2D eigenvalue weighted by molar-refractivity contribution is 7.16. The van der Waals surface area contributed by atoms with Gasteiger partial charge in [-0.3, -0.25) is 4.79 Å². The predicted molar refractivity (Wildman–Crippen MR) is 129 cm³/mol. The summed E-state index contributed by atoms with van der Waals surface area (Å²) < 4.78 is 0. The quantitative estimate of drug-likeness (QED) is 0.339. The molecular formula is C25H22ClN3OS. The number of carbonyl (C=O) groups excluding carboxylic acids is 1. The predicted octanol–water partition coefficient (Wildman–Crippen LogP) is 6.87. The van der Waals surface area contributed by atoms with Crippen LogP contribution in [0.1, 0.15) is 38.0 Å². The van der Waals surface area contributed by atoms with Gasteiger partial charge in [0.1, 0.15) is 10.8 Å². The second-order valence-corrected chi connectivity index (χ2v) is 8.79. The van der Waals surface area contributed by atoms with Crippen LogP contribution in [0.15, 0.2) is 79.0 Å². The molecule has 0 fully saturated rings. The summed E-state index contributed by atoms with van der Waals surface area (Å²) in [5, 5.41) is 8.10. The standard InChI is InChI=1S/C25H22ClN3OS/c1-16-17(2)31-25(29-24(30)18-10-4-3-5-11-18)22(16)23(19-12-6-7-13-20(19)26)28-21-14-8-9-15-27-21/h3-15,23H,1-2H3,(H,27,28)(H,29,30)/t23-/m0/s1. The average molecular weight is 448 g/mol. The minimum atomic E-state index is -0.278. The number of thiophene rings is 1. The second-order valence-electron chi connectivity index (χ2n) is 7.16. The zero-order valence-corrected chi connectivity index (χ0v) is 18.8. The fourth-order valence-corrected chi connectivity index (χ4v) is 4.80. The van der Waals surface area contributed by atoms with Gasteiger partial charge in [-0.2, -0.15) is 0 Å². The number of hydrogen-bond acceptors (Lipinski definition) is 4. The van der Waals surface area contributed by atoms with Gasteiger partial charge >= 0.3 is 0 Å². The van der Waals surface area contributed by atoms with Crippen molar-refractivity contribution in [2.24, 2.45) is 0 Å². The summed E-state index contributed by atoms with van der Waals surface area (Å²) in [4.78, 5) is 18.5. The number of hydrogen-bond donors (Lipinski definition) is 2. The minimum Gasteiger partial charge on any atom is -0.359 e. The molecule has 0 bridgehead atoms. The van der Waals surface area contributed by atoms with Gasteiger partial charge in [0.2, 0.25) is 0 Å². The van der Waals surface area contributed by atoms with Crippen molar-refractivity contribution < 1.29 is 4.79 Å². The Morgan fingerprint density at radius 1 is 0.968 bits per heavy atom. The number of rotatable bonds is 6. The number of benzene rings is 2. The van der Waals surface area contributed by atoms with Gasteiger partial charge in [0.15, 0.2) is 0 Å². The maximum Gasteiger partial charge on any atom is 0.256 e. The van der Waals surface area contributed by atoms with E-state index in [-0.39, 0.29) is 11.9 Å². The number of aromatic nitrogens is 1. The van der Waals surface area contributed by atoms with Crippen molar-refractivity contribution in [1.29, 1.82) is 0 Å². The molecule has 6 heteroatoms. The fourth-order valence-electron chi connectivity index (χ4n) is 3.46. The van der Waals surface area contributed by atoms with Gasteiger partial charge in [0.05, 0.1) is 6.04 Å². The molecule has 2 N–H and O–H groups in total. The van der Waals surface area contributed by atoms with E-state index in [4.69, 9.17) is 11.6 Å². The zero-order valence-electron chi connectivity index (χ0n) is 17.2. The SMILES string of the molecule is Cc1sc(NC(=O)c2ccccc2)c([C@@H](Nc2ccccn2)c2ccccc2Cl)c1C. The first-order valence-electron chi connectivity index (χ1n) is 9.93. The van der Waals surface area contributed by atoms with Crippen LogP contribution in [0, 0.1) is 13.8 Å². The van der Waals surface area contributed by atoms with E-state index in [9.17, 15) is 4.79 Å². The van der Waals surface area contributed by atoms with Crippen LogP contribution < -0.4 is 10.6 Å². The minimum absolute atomic E-state index is 0.140. The first-order chi connectivity index (χ1) is 15.0. The van der Waals surface area contributed by atoms with E-state index >= 15 is 0 Å². The molecule has 0 aliphatic carbocycles.